The number of hydrogen-bond donors (Lipinski definition) is 2. The first kappa shape index (κ1) is 16.8. The number of amides is 3. The van der Waals surface area contributed by atoms with Gasteiger partial charge in [0, 0.05) is 15.1 Å². The van der Waals surface area contributed by atoms with E-state index in [-0.39, 0.29) is 16.5 Å². The van der Waals surface area contributed by atoms with Gasteiger partial charge in [-0.25, -0.2) is 9.69 Å². The zero-order valence-corrected chi connectivity index (χ0v) is 15.0. The molecule has 0 atom stereocenters. The molecule has 2 N–H and O–H groups in total. The summed E-state index contributed by atoms with van der Waals surface area (Å²) in [5.41, 5.74) is 0.667. The molecule has 0 aromatic heterocycles. The predicted octanol–water partition coefficient (Wildman–Crippen LogP) is 4.56. The fourth-order valence-corrected chi connectivity index (χ4v) is 3.25. The first-order chi connectivity index (χ1) is 11.4. The second-order valence-corrected chi connectivity index (χ2v) is 6.69. The summed E-state index contributed by atoms with van der Waals surface area (Å²) in [6.45, 7) is 0. The van der Waals surface area contributed by atoms with Crippen LogP contribution >= 0.6 is 39.1 Å². The Hall–Kier alpha value is -2.02. The van der Waals surface area contributed by atoms with E-state index in [1.54, 1.807) is 24.3 Å². The molecule has 1 saturated heterocycles. The lowest BCUT2D eigenvalue weighted by molar-refractivity contribution is -0.113. The highest BCUT2D eigenvalue weighted by Crippen LogP contribution is 2.33. The zero-order chi connectivity index (χ0) is 17.4. The van der Waals surface area contributed by atoms with Crippen molar-refractivity contribution in [1.29, 1.82) is 0 Å². The van der Waals surface area contributed by atoms with E-state index in [4.69, 9.17) is 23.2 Å². The van der Waals surface area contributed by atoms with Crippen LogP contribution in [0.1, 0.15) is 5.56 Å². The van der Waals surface area contributed by atoms with Crippen LogP contribution in [0.2, 0.25) is 10.0 Å². The van der Waals surface area contributed by atoms with Gasteiger partial charge in [0.25, 0.3) is 5.91 Å². The summed E-state index contributed by atoms with van der Waals surface area (Å²) in [7, 11) is 0. The fraction of sp³-hybridized carbons (Fsp3) is 0. The lowest BCUT2D eigenvalue weighted by Crippen LogP contribution is -2.30. The Morgan fingerprint density at radius 3 is 2.62 bits per heavy atom. The van der Waals surface area contributed by atoms with Gasteiger partial charge < -0.3 is 10.4 Å². The lowest BCUT2D eigenvalue weighted by atomic mass is 10.1. The molecule has 0 unspecified atom stereocenters. The Labute approximate surface area is 155 Å². The molecule has 1 aliphatic rings. The van der Waals surface area contributed by atoms with E-state index in [1.807, 2.05) is 0 Å². The van der Waals surface area contributed by atoms with Crippen molar-refractivity contribution in [3.63, 3.8) is 0 Å². The van der Waals surface area contributed by atoms with E-state index in [0.29, 0.717) is 20.7 Å². The van der Waals surface area contributed by atoms with Crippen LogP contribution in [0.25, 0.3) is 6.08 Å². The number of nitrogens with zero attached hydrogens (tertiary/aromatic N) is 1. The van der Waals surface area contributed by atoms with Gasteiger partial charge in [-0.15, -0.1) is 0 Å². The molecule has 24 heavy (non-hydrogen) atoms. The third kappa shape index (κ3) is 3.13. The molecule has 1 aliphatic heterocycles. The number of nitrogens with one attached hydrogen (secondary N) is 1. The molecule has 1 fully saturated rings. The minimum atomic E-state index is -0.603. The molecule has 2 aromatic rings. The summed E-state index contributed by atoms with van der Waals surface area (Å²) in [5, 5.41) is 13.0. The van der Waals surface area contributed by atoms with Gasteiger partial charge in [-0.05, 0) is 36.4 Å². The van der Waals surface area contributed by atoms with Crippen molar-refractivity contribution in [3.8, 4) is 5.75 Å². The van der Waals surface area contributed by atoms with Crippen molar-refractivity contribution >= 4 is 62.8 Å². The van der Waals surface area contributed by atoms with Gasteiger partial charge in [-0.2, -0.15) is 0 Å². The molecule has 122 valence electrons. The standard InChI is InChI=1S/C16H9BrCl2N2O3/c17-9-4-8(14(22)12(19)6-9)5-13-15(23)21(16(24)20-13)11-3-1-2-10(18)7-11/h1-7,22H,(H,20,24). The summed E-state index contributed by atoms with van der Waals surface area (Å²) in [6.07, 6.45) is 1.36. The van der Waals surface area contributed by atoms with E-state index in [9.17, 15) is 14.7 Å². The number of benzene rings is 2. The third-order valence-electron chi connectivity index (χ3n) is 3.30. The van der Waals surface area contributed by atoms with Gasteiger partial charge in [-0.3, -0.25) is 4.79 Å². The molecule has 1 heterocycles. The molecule has 2 aromatic carbocycles. The Bertz CT molecular complexity index is 899. The highest BCUT2D eigenvalue weighted by atomic mass is 79.9. The van der Waals surface area contributed by atoms with Gasteiger partial charge in [-0.1, -0.05) is 45.2 Å². The van der Waals surface area contributed by atoms with Crippen molar-refractivity contribution < 1.29 is 14.7 Å². The number of imide groups is 1. The van der Waals surface area contributed by atoms with E-state index in [0.717, 1.165) is 4.90 Å². The van der Waals surface area contributed by atoms with Gasteiger partial charge in [0.1, 0.15) is 11.4 Å². The maximum Gasteiger partial charge on any atom is 0.333 e. The van der Waals surface area contributed by atoms with Gasteiger partial charge in [0.2, 0.25) is 0 Å². The molecule has 0 aliphatic carbocycles. The fourth-order valence-electron chi connectivity index (χ4n) is 2.24. The highest BCUT2D eigenvalue weighted by molar-refractivity contribution is 9.10. The largest absolute Gasteiger partial charge is 0.506 e. The van der Waals surface area contributed by atoms with Crippen molar-refractivity contribution in [2.45, 2.75) is 0 Å². The maximum atomic E-state index is 12.5. The minimum absolute atomic E-state index is 0.0180. The molecule has 5 nitrogen and oxygen atoms in total. The van der Waals surface area contributed by atoms with Crippen molar-refractivity contribution in [2.24, 2.45) is 0 Å². The quantitative estimate of drug-likeness (QED) is 0.545. The van der Waals surface area contributed by atoms with Crippen LogP contribution in [-0.2, 0) is 4.79 Å². The smallest absolute Gasteiger partial charge is 0.333 e. The van der Waals surface area contributed by atoms with Crippen LogP contribution < -0.4 is 10.2 Å². The van der Waals surface area contributed by atoms with Crippen LogP contribution in [0.5, 0.6) is 5.75 Å². The number of carbonyl (C=O) groups excluding carboxylic acids is 2. The lowest BCUT2D eigenvalue weighted by Gasteiger charge is -2.11. The average Bonchev–Trinajstić information content (AvgIpc) is 2.78. The summed E-state index contributed by atoms with van der Waals surface area (Å²) in [5.74, 6) is -0.742. The number of rotatable bonds is 2. The molecule has 0 bridgehead atoms. The number of aromatic hydroxyl groups is 1. The normalized spacial score (nSPS) is 16.0. The van der Waals surface area contributed by atoms with Crippen LogP contribution in [0.15, 0.2) is 46.6 Å². The van der Waals surface area contributed by atoms with Gasteiger partial charge in [0.15, 0.2) is 0 Å². The number of carbonyl (C=O) groups is 2. The third-order valence-corrected chi connectivity index (χ3v) is 4.28. The Kier molecular flexibility index (Phi) is 4.54. The minimum Gasteiger partial charge on any atom is -0.506 e. The molecule has 8 heteroatoms. The van der Waals surface area contributed by atoms with Crippen LogP contribution in [0, 0.1) is 0 Å². The van der Waals surface area contributed by atoms with Crippen LogP contribution in [0.3, 0.4) is 0 Å². The predicted molar refractivity (Wildman–Crippen MR) is 96.3 cm³/mol. The highest BCUT2D eigenvalue weighted by Gasteiger charge is 2.35. The summed E-state index contributed by atoms with van der Waals surface area (Å²) in [4.78, 5) is 25.6. The number of halogens is 3. The number of hydrogen-bond acceptors (Lipinski definition) is 3. The van der Waals surface area contributed by atoms with E-state index < -0.39 is 11.9 Å². The second-order valence-electron chi connectivity index (χ2n) is 4.93. The van der Waals surface area contributed by atoms with Gasteiger partial charge >= 0.3 is 6.03 Å². The Morgan fingerprint density at radius 2 is 1.92 bits per heavy atom. The summed E-state index contributed by atoms with van der Waals surface area (Å²) >= 11 is 15.1. The Morgan fingerprint density at radius 1 is 1.17 bits per heavy atom. The molecule has 0 saturated carbocycles. The topological polar surface area (TPSA) is 69.6 Å². The van der Waals surface area contributed by atoms with Crippen LogP contribution in [0.4, 0.5) is 10.5 Å². The van der Waals surface area contributed by atoms with E-state index >= 15 is 0 Å². The number of phenolic OH excluding ortho intramolecular Hbond substituents is 1. The number of urea groups is 1. The first-order valence-electron chi connectivity index (χ1n) is 6.67. The van der Waals surface area contributed by atoms with Crippen molar-refractivity contribution in [2.75, 3.05) is 4.90 Å². The van der Waals surface area contributed by atoms with Crippen molar-refractivity contribution in [1.82, 2.24) is 5.32 Å². The number of phenols is 1. The molecule has 0 spiro atoms. The molecule has 0 radical (unpaired) electrons. The number of anilines is 1. The monoisotopic (exact) mass is 426 g/mol. The second kappa shape index (κ2) is 6.47. The first-order valence-corrected chi connectivity index (χ1v) is 8.22. The van der Waals surface area contributed by atoms with E-state index in [2.05, 4.69) is 21.2 Å². The zero-order valence-electron chi connectivity index (χ0n) is 11.9. The summed E-state index contributed by atoms with van der Waals surface area (Å²) < 4.78 is 0.626. The molecular weight excluding hydrogens is 419 g/mol. The molecular formula is C16H9BrCl2N2O3. The summed E-state index contributed by atoms with van der Waals surface area (Å²) in [6, 6.07) is 8.88. The van der Waals surface area contributed by atoms with Crippen molar-refractivity contribution in [3.05, 3.63) is 62.2 Å². The van der Waals surface area contributed by atoms with E-state index in [1.165, 1.54) is 18.2 Å². The van der Waals surface area contributed by atoms with Crippen LogP contribution in [-0.4, -0.2) is 17.0 Å². The van der Waals surface area contributed by atoms with Gasteiger partial charge in [0.05, 0.1) is 10.7 Å². The maximum absolute atomic E-state index is 12.5. The average molecular weight is 428 g/mol. The molecule has 3 amide bonds. The SMILES string of the molecule is O=C1NC(=Cc2cc(Br)cc(Cl)c2O)C(=O)N1c1cccc(Cl)c1. The Balaban J connectivity index is 2.00. The molecule has 3 rings (SSSR count).